The van der Waals surface area contributed by atoms with Crippen molar-refractivity contribution < 1.29 is 22.7 Å². The highest BCUT2D eigenvalue weighted by molar-refractivity contribution is 7.99. The van der Waals surface area contributed by atoms with Gasteiger partial charge in [-0.05, 0) is 54.3 Å². The number of hydrogen-bond donors (Lipinski definition) is 1. The van der Waals surface area contributed by atoms with Crippen molar-refractivity contribution in [1.29, 1.82) is 0 Å². The van der Waals surface area contributed by atoms with E-state index in [1.54, 1.807) is 42.1 Å². The number of methoxy groups -OCH3 is 2. The third kappa shape index (κ3) is 5.97. The molecular formula is C24H25ClN2O5S2. The topological polar surface area (TPSA) is 84.9 Å². The lowest BCUT2D eigenvalue weighted by molar-refractivity contribution is -0.114. The van der Waals surface area contributed by atoms with Crippen molar-refractivity contribution in [2.24, 2.45) is 0 Å². The minimum absolute atomic E-state index is 0.0464. The molecule has 0 atom stereocenters. The van der Waals surface area contributed by atoms with Crippen molar-refractivity contribution >= 4 is 50.7 Å². The van der Waals surface area contributed by atoms with E-state index >= 15 is 0 Å². The Kier molecular flexibility index (Phi) is 8.71. The van der Waals surface area contributed by atoms with E-state index in [2.05, 4.69) is 5.32 Å². The Bertz CT molecular complexity index is 1250. The maximum absolute atomic E-state index is 13.7. The lowest BCUT2D eigenvalue weighted by Gasteiger charge is -2.25. The van der Waals surface area contributed by atoms with Crippen molar-refractivity contribution in [1.82, 2.24) is 0 Å². The molecule has 0 aromatic heterocycles. The normalized spacial score (nSPS) is 11.1. The van der Waals surface area contributed by atoms with Gasteiger partial charge in [0.15, 0.2) is 11.5 Å². The number of amides is 1. The average molecular weight is 521 g/mol. The number of carbonyl (C=O) groups is 1. The summed E-state index contributed by atoms with van der Waals surface area (Å²) in [6.45, 7) is 1.57. The van der Waals surface area contributed by atoms with Crippen LogP contribution in [0.1, 0.15) is 6.92 Å². The maximum Gasteiger partial charge on any atom is 0.264 e. The molecule has 0 unspecified atom stereocenters. The Morgan fingerprint density at radius 2 is 1.68 bits per heavy atom. The number of nitrogens with one attached hydrogen (secondary N) is 1. The summed E-state index contributed by atoms with van der Waals surface area (Å²) < 4.78 is 38.8. The molecule has 0 radical (unpaired) electrons. The molecule has 3 aromatic rings. The van der Waals surface area contributed by atoms with Gasteiger partial charge in [0, 0.05) is 16.0 Å². The van der Waals surface area contributed by atoms with Crippen molar-refractivity contribution in [3.63, 3.8) is 0 Å². The summed E-state index contributed by atoms with van der Waals surface area (Å²) >= 11 is 7.58. The van der Waals surface area contributed by atoms with Crippen molar-refractivity contribution in [2.75, 3.05) is 36.1 Å². The van der Waals surface area contributed by atoms with Crippen molar-refractivity contribution in [3.8, 4) is 11.5 Å². The van der Waals surface area contributed by atoms with Crippen LogP contribution in [0.5, 0.6) is 11.5 Å². The van der Waals surface area contributed by atoms with Crippen LogP contribution in [-0.4, -0.2) is 40.8 Å². The smallest absolute Gasteiger partial charge is 0.264 e. The Morgan fingerprint density at radius 1 is 1.00 bits per heavy atom. The molecule has 0 aliphatic carbocycles. The van der Waals surface area contributed by atoms with Crippen molar-refractivity contribution in [3.05, 3.63) is 71.8 Å². The van der Waals surface area contributed by atoms with Gasteiger partial charge in [0.1, 0.15) is 6.54 Å². The fourth-order valence-corrected chi connectivity index (χ4v) is 5.52. The molecule has 0 bridgehead atoms. The first kappa shape index (κ1) is 25.7. The van der Waals surface area contributed by atoms with Crippen LogP contribution in [0.2, 0.25) is 5.02 Å². The molecule has 34 heavy (non-hydrogen) atoms. The first-order chi connectivity index (χ1) is 16.3. The van der Waals surface area contributed by atoms with Crippen LogP contribution in [0.25, 0.3) is 0 Å². The van der Waals surface area contributed by atoms with Crippen molar-refractivity contribution in [2.45, 2.75) is 16.7 Å². The first-order valence-corrected chi connectivity index (χ1v) is 13.1. The summed E-state index contributed by atoms with van der Waals surface area (Å²) in [7, 11) is -1.26. The van der Waals surface area contributed by atoms with E-state index in [0.29, 0.717) is 22.1 Å². The minimum Gasteiger partial charge on any atom is -0.493 e. The summed E-state index contributed by atoms with van der Waals surface area (Å²) in [6.07, 6.45) is 0. The van der Waals surface area contributed by atoms with Gasteiger partial charge in [-0.2, -0.15) is 0 Å². The molecule has 0 spiro atoms. The van der Waals surface area contributed by atoms with Gasteiger partial charge in [0.05, 0.1) is 30.5 Å². The SMILES string of the molecule is CCSc1ccccc1NC(=O)CN(c1ccc(Cl)cc1)S(=O)(=O)c1ccc(OC)c(OC)c1. The van der Waals surface area contributed by atoms with Gasteiger partial charge in [-0.15, -0.1) is 11.8 Å². The maximum atomic E-state index is 13.7. The number of carbonyl (C=O) groups excluding carboxylic acids is 1. The quantitative estimate of drug-likeness (QED) is 0.365. The molecule has 0 aliphatic heterocycles. The van der Waals surface area contributed by atoms with Crippen LogP contribution in [0.15, 0.2) is 76.5 Å². The van der Waals surface area contributed by atoms with E-state index in [1.165, 1.54) is 32.4 Å². The van der Waals surface area contributed by atoms with Crippen LogP contribution >= 0.6 is 23.4 Å². The van der Waals surface area contributed by atoms with Gasteiger partial charge in [-0.1, -0.05) is 30.7 Å². The first-order valence-electron chi connectivity index (χ1n) is 10.3. The molecule has 1 N–H and O–H groups in total. The number of sulfonamides is 1. The number of thioether (sulfide) groups is 1. The monoisotopic (exact) mass is 520 g/mol. The second-order valence-corrected chi connectivity index (χ2v) is 10.6. The molecule has 7 nitrogen and oxygen atoms in total. The number of benzene rings is 3. The Labute approximate surface area is 209 Å². The summed E-state index contributed by atoms with van der Waals surface area (Å²) in [6, 6.07) is 17.9. The molecule has 3 aromatic carbocycles. The number of para-hydroxylation sites is 1. The van der Waals surface area contributed by atoms with E-state index < -0.39 is 22.5 Å². The number of halogens is 1. The molecule has 0 aliphatic rings. The molecule has 0 heterocycles. The Balaban J connectivity index is 1.98. The van der Waals surface area contributed by atoms with E-state index in [4.69, 9.17) is 21.1 Å². The largest absolute Gasteiger partial charge is 0.493 e. The van der Waals surface area contributed by atoms with Crippen LogP contribution in [-0.2, 0) is 14.8 Å². The number of ether oxygens (including phenoxy) is 2. The van der Waals surface area contributed by atoms with Gasteiger partial charge in [0.2, 0.25) is 5.91 Å². The number of anilines is 2. The minimum atomic E-state index is -4.14. The molecular weight excluding hydrogens is 496 g/mol. The van der Waals surface area contributed by atoms with E-state index in [-0.39, 0.29) is 10.6 Å². The zero-order valence-electron chi connectivity index (χ0n) is 18.9. The fraction of sp³-hybridized carbons (Fsp3) is 0.208. The van der Waals surface area contributed by atoms with Gasteiger partial charge in [-0.3, -0.25) is 9.10 Å². The van der Waals surface area contributed by atoms with Gasteiger partial charge in [-0.25, -0.2) is 8.42 Å². The molecule has 0 saturated heterocycles. The lowest BCUT2D eigenvalue weighted by atomic mass is 10.3. The van der Waals surface area contributed by atoms with E-state index in [9.17, 15) is 13.2 Å². The number of rotatable bonds is 10. The van der Waals surface area contributed by atoms with Crippen LogP contribution in [0.4, 0.5) is 11.4 Å². The standard InChI is InChI=1S/C24H25ClN2O5S2/c1-4-33-23-8-6-5-7-20(23)26-24(28)16-27(18-11-9-17(25)10-12-18)34(29,30)19-13-14-21(31-2)22(15-19)32-3/h5-15H,4,16H2,1-3H3,(H,26,28). The highest BCUT2D eigenvalue weighted by atomic mass is 35.5. The van der Waals surface area contributed by atoms with Crippen LogP contribution in [0.3, 0.4) is 0 Å². The highest BCUT2D eigenvalue weighted by Crippen LogP contribution is 2.33. The summed E-state index contributed by atoms with van der Waals surface area (Å²) in [4.78, 5) is 13.9. The zero-order chi connectivity index (χ0) is 24.7. The summed E-state index contributed by atoms with van der Waals surface area (Å²) in [5, 5.41) is 3.28. The number of nitrogens with zero attached hydrogens (tertiary/aromatic N) is 1. The van der Waals surface area contributed by atoms with E-state index in [1.807, 2.05) is 25.1 Å². The molecule has 10 heteroatoms. The molecule has 0 saturated carbocycles. The molecule has 180 valence electrons. The van der Waals surface area contributed by atoms with E-state index in [0.717, 1.165) is 15.0 Å². The molecule has 3 rings (SSSR count). The third-order valence-corrected chi connectivity index (χ3v) is 7.78. The van der Waals surface area contributed by atoms with Crippen LogP contribution in [0, 0.1) is 0 Å². The van der Waals surface area contributed by atoms with Gasteiger partial charge < -0.3 is 14.8 Å². The number of hydrogen-bond acceptors (Lipinski definition) is 6. The lowest BCUT2D eigenvalue weighted by Crippen LogP contribution is -2.38. The Morgan fingerprint density at radius 3 is 2.32 bits per heavy atom. The predicted octanol–water partition coefficient (Wildman–Crippen LogP) is 5.30. The summed E-state index contributed by atoms with van der Waals surface area (Å²) in [5.74, 6) is 0.998. The molecule has 0 fully saturated rings. The second-order valence-electron chi connectivity index (χ2n) is 6.98. The van der Waals surface area contributed by atoms with Gasteiger partial charge >= 0.3 is 0 Å². The highest BCUT2D eigenvalue weighted by Gasteiger charge is 2.28. The Hall–Kier alpha value is -2.88. The summed E-state index contributed by atoms with van der Waals surface area (Å²) in [5.41, 5.74) is 0.921. The zero-order valence-corrected chi connectivity index (χ0v) is 21.3. The third-order valence-electron chi connectivity index (χ3n) is 4.81. The van der Waals surface area contributed by atoms with Gasteiger partial charge in [0.25, 0.3) is 10.0 Å². The predicted molar refractivity (Wildman–Crippen MR) is 137 cm³/mol. The second kappa shape index (κ2) is 11.5. The average Bonchev–Trinajstić information content (AvgIpc) is 2.84. The fourth-order valence-electron chi connectivity index (χ4n) is 3.20. The molecule has 1 amide bonds. The van der Waals surface area contributed by atoms with Crippen LogP contribution < -0.4 is 19.1 Å².